The van der Waals surface area contributed by atoms with Crippen molar-refractivity contribution in [2.45, 2.75) is 18.9 Å². The van der Waals surface area contributed by atoms with Gasteiger partial charge in [-0.3, -0.25) is 10.2 Å². The van der Waals surface area contributed by atoms with Gasteiger partial charge >= 0.3 is 0 Å². The van der Waals surface area contributed by atoms with Crippen molar-refractivity contribution in [2.75, 3.05) is 0 Å². The molecular weight excluding hydrogens is 278 g/mol. The van der Waals surface area contributed by atoms with Crippen molar-refractivity contribution < 1.29 is 4.79 Å². The Bertz CT molecular complexity index is 751. The summed E-state index contributed by atoms with van der Waals surface area (Å²) in [7, 11) is 0. The first-order chi connectivity index (χ1) is 10.6. The standard InChI is InChI=1S/C16H17N5O/c17-16(18)21-14-8-5-12(9-19-14)10-1-3-11(4-2-10)15(22)20-13-6-7-13/h1-5,8-9,13H,6-7H2,(H,20,22)(H4,17,18,19,21). The summed E-state index contributed by atoms with van der Waals surface area (Å²) in [5.74, 6) is -0.258. The van der Waals surface area contributed by atoms with Crippen molar-refractivity contribution in [3.63, 3.8) is 0 Å². The van der Waals surface area contributed by atoms with Gasteiger partial charge in [0, 0.05) is 17.8 Å². The van der Waals surface area contributed by atoms with Crippen LogP contribution in [0.5, 0.6) is 0 Å². The molecule has 0 spiro atoms. The molecular formula is C16H17N5O. The largest absolute Gasteiger partial charge is 0.368 e. The van der Waals surface area contributed by atoms with Crippen LogP contribution in [0.15, 0.2) is 47.6 Å². The van der Waals surface area contributed by atoms with E-state index in [1.165, 1.54) is 0 Å². The van der Waals surface area contributed by atoms with Crippen LogP contribution in [-0.2, 0) is 0 Å². The summed E-state index contributed by atoms with van der Waals surface area (Å²) in [6, 6.07) is 11.5. The predicted molar refractivity (Wildman–Crippen MR) is 84.2 cm³/mol. The van der Waals surface area contributed by atoms with Gasteiger partial charge in [0.1, 0.15) is 5.49 Å². The molecule has 1 aliphatic carbocycles. The first kappa shape index (κ1) is 14.1. The molecule has 3 rings (SSSR count). The van der Waals surface area contributed by atoms with Gasteiger partial charge in [-0.1, -0.05) is 12.1 Å². The number of H-pyrrole nitrogens is 1. The number of carbonyl (C=O) groups excluding carboxylic acids is 1. The monoisotopic (exact) mass is 295 g/mol. The van der Waals surface area contributed by atoms with E-state index in [1.54, 1.807) is 12.3 Å². The van der Waals surface area contributed by atoms with Crippen LogP contribution in [0.1, 0.15) is 23.2 Å². The van der Waals surface area contributed by atoms with E-state index < -0.39 is 0 Å². The minimum absolute atomic E-state index is 0.0174. The van der Waals surface area contributed by atoms with E-state index >= 15 is 0 Å². The highest BCUT2D eigenvalue weighted by molar-refractivity contribution is 5.95. The zero-order chi connectivity index (χ0) is 15.5. The lowest BCUT2D eigenvalue weighted by atomic mass is 10.1. The molecule has 1 aromatic carbocycles. The molecule has 1 saturated carbocycles. The Hall–Kier alpha value is -2.89. The van der Waals surface area contributed by atoms with Crippen molar-refractivity contribution in [3.05, 3.63) is 53.6 Å². The molecule has 5 N–H and O–H groups in total. The number of rotatable bonds is 3. The van der Waals surface area contributed by atoms with Crippen LogP contribution in [0.25, 0.3) is 11.1 Å². The highest BCUT2D eigenvalue weighted by Crippen LogP contribution is 2.21. The molecule has 1 amide bonds. The molecule has 1 aliphatic rings. The summed E-state index contributed by atoms with van der Waals surface area (Å²) >= 11 is 0. The molecule has 112 valence electrons. The Balaban J connectivity index is 1.77. The van der Waals surface area contributed by atoms with Crippen molar-refractivity contribution in [1.82, 2.24) is 10.3 Å². The number of hydrogen-bond acceptors (Lipinski definition) is 2. The van der Waals surface area contributed by atoms with Crippen molar-refractivity contribution in [1.29, 1.82) is 5.41 Å². The van der Waals surface area contributed by atoms with Crippen LogP contribution in [0, 0.1) is 5.41 Å². The van der Waals surface area contributed by atoms with E-state index in [-0.39, 0.29) is 11.9 Å². The Labute approximate surface area is 127 Å². The third-order valence-corrected chi connectivity index (χ3v) is 3.43. The lowest BCUT2D eigenvalue weighted by Gasteiger charge is -2.05. The molecule has 0 saturated heterocycles. The zero-order valence-electron chi connectivity index (χ0n) is 12.0. The fourth-order valence-electron chi connectivity index (χ4n) is 2.11. The smallest absolute Gasteiger partial charge is 0.251 e. The van der Waals surface area contributed by atoms with Crippen LogP contribution >= 0.6 is 0 Å². The number of nitrogens with two attached hydrogens (primary N) is 1. The molecule has 0 bridgehead atoms. The molecule has 1 heterocycles. The Morgan fingerprint density at radius 2 is 1.86 bits per heavy atom. The summed E-state index contributed by atoms with van der Waals surface area (Å²) < 4.78 is 0. The lowest BCUT2D eigenvalue weighted by molar-refractivity contribution is 0.0951. The number of pyridine rings is 1. The SMILES string of the molecule is N=C(N)/N=c1/ccc(-c2ccc(C(=O)NC3CC3)cc2)c[nH]1. The Kier molecular flexibility index (Phi) is 3.74. The summed E-state index contributed by atoms with van der Waals surface area (Å²) in [4.78, 5) is 18.7. The van der Waals surface area contributed by atoms with Gasteiger partial charge in [-0.2, -0.15) is 4.99 Å². The molecule has 6 heteroatoms. The topological polar surface area (TPSA) is 107 Å². The lowest BCUT2D eigenvalue weighted by Crippen LogP contribution is -2.25. The van der Waals surface area contributed by atoms with Gasteiger partial charge in [-0.15, -0.1) is 0 Å². The van der Waals surface area contributed by atoms with Crippen molar-refractivity contribution in [2.24, 2.45) is 10.7 Å². The van der Waals surface area contributed by atoms with E-state index in [1.807, 2.05) is 30.3 Å². The number of amides is 1. The fraction of sp³-hybridized carbons (Fsp3) is 0.188. The van der Waals surface area contributed by atoms with Crippen LogP contribution in [-0.4, -0.2) is 22.9 Å². The highest BCUT2D eigenvalue weighted by atomic mass is 16.1. The van der Waals surface area contributed by atoms with E-state index in [0.29, 0.717) is 17.1 Å². The van der Waals surface area contributed by atoms with Crippen LogP contribution in [0.3, 0.4) is 0 Å². The summed E-state index contributed by atoms with van der Waals surface area (Å²) in [6.45, 7) is 0. The second-order valence-electron chi connectivity index (χ2n) is 5.28. The van der Waals surface area contributed by atoms with Gasteiger partial charge in [0.25, 0.3) is 5.91 Å². The molecule has 2 aromatic rings. The van der Waals surface area contributed by atoms with E-state index in [0.717, 1.165) is 24.0 Å². The number of aromatic amines is 1. The maximum absolute atomic E-state index is 11.9. The Morgan fingerprint density at radius 3 is 2.41 bits per heavy atom. The normalized spacial score (nSPS) is 14.6. The third-order valence-electron chi connectivity index (χ3n) is 3.43. The number of benzene rings is 1. The number of nitrogens with one attached hydrogen (secondary N) is 3. The Morgan fingerprint density at radius 1 is 1.18 bits per heavy atom. The summed E-state index contributed by atoms with van der Waals surface area (Å²) in [6.07, 6.45) is 3.95. The molecule has 22 heavy (non-hydrogen) atoms. The van der Waals surface area contributed by atoms with E-state index in [4.69, 9.17) is 11.1 Å². The maximum atomic E-state index is 11.9. The number of nitrogens with zero attached hydrogens (tertiary/aromatic N) is 1. The molecule has 1 fully saturated rings. The van der Waals surface area contributed by atoms with Crippen LogP contribution < -0.4 is 16.5 Å². The van der Waals surface area contributed by atoms with Gasteiger partial charge in [0.2, 0.25) is 5.96 Å². The molecule has 6 nitrogen and oxygen atoms in total. The average molecular weight is 295 g/mol. The second-order valence-corrected chi connectivity index (χ2v) is 5.28. The zero-order valence-corrected chi connectivity index (χ0v) is 12.0. The third kappa shape index (κ3) is 3.41. The first-order valence-electron chi connectivity index (χ1n) is 7.10. The minimum Gasteiger partial charge on any atom is -0.368 e. The van der Waals surface area contributed by atoms with Gasteiger partial charge in [0.15, 0.2) is 0 Å². The van der Waals surface area contributed by atoms with Gasteiger partial charge < -0.3 is 16.0 Å². The molecule has 0 radical (unpaired) electrons. The average Bonchev–Trinajstić information content (AvgIpc) is 3.31. The maximum Gasteiger partial charge on any atom is 0.251 e. The van der Waals surface area contributed by atoms with Crippen molar-refractivity contribution in [3.8, 4) is 11.1 Å². The molecule has 1 aromatic heterocycles. The van der Waals surface area contributed by atoms with Gasteiger partial charge in [0.05, 0.1) is 0 Å². The number of hydrogen-bond donors (Lipinski definition) is 4. The molecule has 0 unspecified atom stereocenters. The van der Waals surface area contributed by atoms with Crippen LogP contribution in [0.4, 0.5) is 0 Å². The van der Waals surface area contributed by atoms with Gasteiger partial charge in [-0.05, 0) is 48.2 Å². The first-order valence-corrected chi connectivity index (χ1v) is 7.10. The predicted octanol–water partition coefficient (Wildman–Crippen LogP) is 1.37. The van der Waals surface area contributed by atoms with E-state index in [2.05, 4.69) is 15.3 Å². The number of guanidine groups is 1. The fourth-order valence-corrected chi connectivity index (χ4v) is 2.11. The number of aromatic nitrogens is 1. The van der Waals surface area contributed by atoms with Gasteiger partial charge in [-0.25, -0.2) is 0 Å². The van der Waals surface area contributed by atoms with Crippen molar-refractivity contribution >= 4 is 11.9 Å². The highest BCUT2D eigenvalue weighted by Gasteiger charge is 2.23. The number of carbonyl (C=O) groups is 1. The quantitative estimate of drug-likeness (QED) is 0.507. The van der Waals surface area contributed by atoms with E-state index in [9.17, 15) is 4.79 Å². The molecule has 0 atom stereocenters. The summed E-state index contributed by atoms with van der Waals surface area (Å²) in [5.41, 5.74) is 8.37. The van der Waals surface area contributed by atoms with Crippen LogP contribution in [0.2, 0.25) is 0 Å². The molecule has 0 aliphatic heterocycles. The minimum atomic E-state index is -0.241. The summed E-state index contributed by atoms with van der Waals surface area (Å²) in [5, 5.41) is 10.1. The second kappa shape index (κ2) is 5.85.